The summed E-state index contributed by atoms with van der Waals surface area (Å²) in [6.45, 7) is 2.10. The largest absolute Gasteiger partial charge is 0.495 e. The first-order chi connectivity index (χ1) is 23.4. The van der Waals surface area contributed by atoms with Crippen molar-refractivity contribution in [3.05, 3.63) is 112 Å². The fourth-order valence-corrected chi connectivity index (χ4v) is 6.91. The first-order valence-electron chi connectivity index (χ1n) is 15.1. The second-order valence-electron chi connectivity index (χ2n) is 10.8. The maximum atomic E-state index is 13.9. The molecule has 0 spiro atoms. The van der Waals surface area contributed by atoms with Gasteiger partial charge in [-0.3, -0.25) is 14.2 Å². The van der Waals surface area contributed by atoms with E-state index in [1.165, 1.54) is 26.0 Å². The van der Waals surface area contributed by atoms with Gasteiger partial charge in [-0.1, -0.05) is 59.8 Å². The zero-order valence-corrected chi connectivity index (χ0v) is 28.5. The Bertz CT molecular complexity index is 1940. The van der Waals surface area contributed by atoms with Crippen molar-refractivity contribution >= 4 is 40.6 Å². The lowest BCUT2D eigenvalue weighted by molar-refractivity contribution is -0.130. The second kappa shape index (κ2) is 14.7. The van der Waals surface area contributed by atoms with Gasteiger partial charge in [-0.25, -0.2) is 5.01 Å². The molecule has 0 radical (unpaired) electrons. The maximum Gasteiger partial charge on any atom is 0.253 e. The van der Waals surface area contributed by atoms with E-state index in [9.17, 15) is 9.59 Å². The number of hydrazone groups is 1. The van der Waals surface area contributed by atoms with Crippen molar-refractivity contribution in [1.82, 2.24) is 25.1 Å². The summed E-state index contributed by atoms with van der Waals surface area (Å²) in [4.78, 5) is 28.1. The highest BCUT2D eigenvalue weighted by Crippen LogP contribution is 2.36. The molecule has 48 heavy (non-hydrogen) atoms. The van der Waals surface area contributed by atoms with Crippen LogP contribution in [-0.2, 0) is 11.3 Å². The monoisotopic (exact) mass is 682 g/mol. The summed E-state index contributed by atoms with van der Waals surface area (Å²) in [5.74, 6) is 1.59. The number of thiophene rings is 1. The molecule has 1 N–H and O–H groups in total. The molecule has 3 heterocycles. The van der Waals surface area contributed by atoms with E-state index in [1.54, 1.807) is 46.2 Å². The first-order valence-corrected chi connectivity index (χ1v) is 17.0. The Morgan fingerprint density at radius 3 is 2.42 bits per heavy atom. The lowest BCUT2D eigenvalue weighted by Crippen LogP contribution is -2.28. The molecular formula is C35H34N6O5S2. The van der Waals surface area contributed by atoms with Crippen LogP contribution in [0.4, 0.5) is 0 Å². The van der Waals surface area contributed by atoms with Gasteiger partial charge in [-0.05, 0) is 54.3 Å². The van der Waals surface area contributed by atoms with E-state index in [0.29, 0.717) is 45.9 Å². The Balaban J connectivity index is 1.25. The summed E-state index contributed by atoms with van der Waals surface area (Å²) in [7, 11) is 4.63. The van der Waals surface area contributed by atoms with Gasteiger partial charge in [0.15, 0.2) is 22.5 Å². The van der Waals surface area contributed by atoms with Crippen LogP contribution in [0, 0.1) is 6.92 Å². The number of nitrogens with one attached hydrogen (secondary N) is 1. The third kappa shape index (κ3) is 6.92. The number of hydrogen-bond donors (Lipinski definition) is 1. The summed E-state index contributed by atoms with van der Waals surface area (Å²) < 4.78 is 18.1. The van der Waals surface area contributed by atoms with Crippen LogP contribution in [0.1, 0.15) is 44.6 Å². The number of aromatic nitrogens is 3. The summed E-state index contributed by atoms with van der Waals surface area (Å²) in [6.07, 6.45) is 0.626. The van der Waals surface area contributed by atoms with Gasteiger partial charge in [-0.2, -0.15) is 5.10 Å². The molecule has 0 aliphatic carbocycles. The standard InChI is InChI=1S/C35H34N6O5S2/c1-22-11-13-23(14-12-22)27-19-25(31-10-7-17-47-31)39-41(27)33(42)21-48-35-38-37-32(40(35)26-8-5-6-9-28(26)44-2)20-36-34(43)24-15-16-29(45-3)30(18-24)46-4/h5-18,27H,19-21H2,1-4H3,(H,36,43)/t27-/m0/s1. The molecule has 0 fully saturated rings. The fraction of sp³-hybridized carbons (Fsp3) is 0.229. The molecule has 246 valence electrons. The van der Waals surface area contributed by atoms with Crippen LogP contribution in [-0.4, -0.2) is 64.4 Å². The Morgan fingerprint density at radius 2 is 1.69 bits per heavy atom. The van der Waals surface area contributed by atoms with E-state index in [2.05, 4.69) is 39.8 Å². The van der Waals surface area contributed by atoms with Gasteiger partial charge >= 0.3 is 0 Å². The van der Waals surface area contributed by atoms with Gasteiger partial charge in [0.25, 0.3) is 11.8 Å². The van der Waals surface area contributed by atoms with Gasteiger partial charge < -0.3 is 19.5 Å². The first kappa shape index (κ1) is 32.8. The molecule has 5 aromatic rings. The smallest absolute Gasteiger partial charge is 0.253 e. The Labute approximate surface area is 286 Å². The van der Waals surface area contributed by atoms with Gasteiger partial charge in [-0.15, -0.1) is 21.5 Å². The molecular weight excluding hydrogens is 649 g/mol. The number of rotatable bonds is 12. The predicted molar refractivity (Wildman–Crippen MR) is 186 cm³/mol. The van der Waals surface area contributed by atoms with Crippen molar-refractivity contribution in [3.63, 3.8) is 0 Å². The fourth-order valence-electron chi connectivity index (χ4n) is 5.38. The molecule has 1 aliphatic heterocycles. The number of hydrogen-bond acceptors (Lipinski definition) is 10. The molecule has 3 aromatic carbocycles. The number of amides is 2. The summed E-state index contributed by atoms with van der Waals surface area (Å²) in [6, 6.07) is 24.4. The lowest BCUT2D eigenvalue weighted by atomic mass is 10.00. The number of ether oxygens (including phenoxy) is 3. The molecule has 1 atom stereocenters. The van der Waals surface area contributed by atoms with Crippen molar-refractivity contribution in [2.75, 3.05) is 27.1 Å². The maximum absolute atomic E-state index is 13.9. The predicted octanol–water partition coefficient (Wildman–Crippen LogP) is 6.06. The van der Waals surface area contributed by atoms with Crippen LogP contribution in [0.5, 0.6) is 17.2 Å². The average molecular weight is 683 g/mol. The zero-order chi connectivity index (χ0) is 33.6. The van der Waals surface area contributed by atoms with Crippen LogP contribution in [0.3, 0.4) is 0 Å². The molecule has 0 saturated heterocycles. The topological polar surface area (TPSA) is 120 Å². The lowest BCUT2D eigenvalue weighted by Gasteiger charge is -2.22. The number of para-hydroxylation sites is 2. The molecule has 13 heteroatoms. The number of carbonyl (C=O) groups excluding carboxylic acids is 2. The number of benzene rings is 3. The van der Waals surface area contributed by atoms with Crippen LogP contribution in [0.15, 0.2) is 94.5 Å². The SMILES string of the molecule is COc1ccc(C(=O)NCc2nnc(SCC(=O)N3N=C(c4cccs4)C[C@H]3c3ccc(C)cc3)n2-c2ccccc2OC)cc1OC. The van der Waals surface area contributed by atoms with E-state index < -0.39 is 0 Å². The molecule has 11 nitrogen and oxygen atoms in total. The van der Waals surface area contributed by atoms with Crippen molar-refractivity contribution in [2.45, 2.75) is 31.1 Å². The zero-order valence-electron chi connectivity index (χ0n) is 26.9. The van der Waals surface area contributed by atoms with Crippen molar-refractivity contribution in [3.8, 4) is 22.9 Å². The van der Waals surface area contributed by atoms with Crippen molar-refractivity contribution in [1.29, 1.82) is 0 Å². The van der Waals surface area contributed by atoms with Crippen LogP contribution in [0.2, 0.25) is 0 Å². The van der Waals surface area contributed by atoms with Gasteiger partial charge in [0.05, 0.1) is 55.9 Å². The highest BCUT2D eigenvalue weighted by Gasteiger charge is 2.34. The normalized spacial score (nSPS) is 14.0. The number of aryl methyl sites for hydroxylation is 1. The average Bonchev–Trinajstić information content (AvgIpc) is 3.90. The minimum Gasteiger partial charge on any atom is -0.495 e. The highest BCUT2D eigenvalue weighted by molar-refractivity contribution is 7.99. The highest BCUT2D eigenvalue weighted by atomic mass is 32.2. The third-order valence-electron chi connectivity index (χ3n) is 7.84. The summed E-state index contributed by atoms with van der Waals surface area (Å²) in [5, 5.41) is 20.7. The molecule has 0 bridgehead atoms. The minimum absolute atomic E-state index is 0.0584. The van der Waals surface area contributed by atoms with Gasteiger partial charge in [0, 0.05) is 12.0 Å². The van der Waals surface area contributed by atoms with E-state index in [-0.39, 0.29) is 30.2 Å². The Kier molecular flexibility index (Phi) is 10.1. The van der Waals surface area contributed by atoms with Crippen LogP contribution >= 0.6 is 23.1 Å². The summed E-state index contributed by atoms with van der Waals surface area (Å²) in [5.41, 5.74) is 4.13. The van der Waals surface area contributed by atoms with E-state index in [1.807, 2.05) is 48.7 Å². The third-order valence-corrected chi connectivity index (χ3v) is 9.67. The van der Waals surface area contributed by atoms with Crippen molar-refractivity contribution in [2.24, 2.45) is 5.10 Å². The molecule has 2 amide bonds. The van der Waals surface area contributed by atoms with Crippen LogP contribution < -0.4 is 19.5 Å². The number of methoxy groups -OCH3 is 3. The second-order valence-corrected chi connectivity index (χ2v) is 12.7. The van der Waals surface area contributed by atoms with E-state index in [0.717, 1.165) is 21.7 Å². The Hall–Kier alpha value is -5.14. The molecule has 0 unspecified atom stereocenters. The number of carbonyl (C=O) groups is 2. The van der Waals surface area contributed by atoms with Crippen LogP contribution in [0.25, 0.3) is 5.69 Å². The van der Waals surface area contributed by atoms with E-state index >= 15 is 0 Å². The quantitative estimate of drug-likeness (QED) is 0.158. The summed E-state index contributed by atoms with van der Waals surface area (Å²) >= 11 is 2.86. The molecule has 6 rings (SSSR count). The molecule has 1 aliphatic rings. The number of thioether (sulfide) groups is 1. The molecule has 0 saturated carbocycles. The minimum atomic E-state index is -0.328. The molecule has 2 aromatic heterocycles. The van der Waals surface area contributed by atoms with E-state index in [4.69, 9.17) is 19.3 Å². The van der Waals surface area contributed by atoms with Gasteiger partial charge in [0.1, 0.15) is 5.75 Å². The Morgan fingerprint density at radius 1 is 0.917 bits per heavy atom. The van der Waals surface area contributed by atoms with Gasteiger partial charge in [0.2, 0.25) is 0 Å². The number of nitrogens with zero attached hydrogens (tertiary/aromatic N) is 5. The van der Waals surface area contributed by atoms with Crippen molar-refractivity contribution < 1.29 is 23.8 Å².